The van der Waals surface area contributed by atoms with Crippen LogP contribution in [0.4, 0.5) is 0 Å². The van der Waals surface area contributed by atoms with E-state index in [0.717, 1.165) is 5.56 Å². The third-order valence-corrected chi connectivity index (χ3v) is 4.78. The lowest BCUT2D eigenvalue weighted by molar-refractivity contribution is 0.0692. The van der Waals surface area contributed by atoms with Crippen LogP contribution in [0, 0.1) is 0 Å². The van der Waals surface area contributed by atoms with Gasteiger partial charge in [0.2, 0.25) is 0 Å². The molecule has 0 aliphatic carbocycles. The first-order valence-electron chi connectivity index (χ1n) is 8.83. The van der Waals surface area contributed by atoms with Gasteiger partial charge in [0.05, 0.1) is 23.4 Å². The number of aromatic nitrogens is 2. The van der Waals surface area contributed by atoms with Crippen molar-refractivity contribution in [3.05, 3.63) is 87.3 Å². The van der Waals surface area contributed by atoms with Crippen molar-refractivity contribution in [1.82, 2.24) is 14.9 Å². The van der Waals surface area contributed by atoms with E-state index in [1.807, 2.05) is 30.3 Å². The number of aromatic carboxylic acids is 1. The summed E-state index contributed by atoms with van der Waals surface area (Å²) in [5.41, 5.74) is 2.28. The number of hydrogen-bond acceptors (Lipinski definition) is 4. The van der Waals surface area contributed by atoms with Gasteiger partial charge in [0.15, 0.2) is 0 Å². The lowest BCUT2D eigenvalue weighted by Crippen LogP contribution is -2.39. The van der Waals surface area contributed by atoms with E-state index in [0.29, 0.717) is 35.6 Å². The number of carbonyl (C=O) groups is 2. The number of nitrogens with one attached hydrogen (secondary N) is 1. The van der Waals surface area contributed by atoms with Crippen LogP contribution < -0.4 is 5.56 Å². The summed E-state index contributed by atoms with van der Waals surface area (Å²) in [7, 11) is 0. The Balaban J connectivity index is 1.59. The first kappa shape index (κ1) is 17.7. The summed E-state index contributed by atoms with van der Waals surface area (Å²) in [5.74, 6) is -0.764. The van der Waals surface area contributed by atoms with E-state index in [9.17, 15) is 14.4 Å². The lowest BCUT2D eigenvalue weighted by atomic mass is 10.0. The van der Waals surface area contributed by atoms with Crippen LogP contribution in [0.25, 0.3) is 11.4 Å². The minimum atomic E-state index is -1.04. The van der Waals surface area contributed by atoms with E-state index in [2.05, 4.69) is 9.97 Å². The van der Waals surface area contributed by atoms with Crippen molar-refractivity contribution in [2.24, 2.45) is 0 Å². The normalized spacial score (nSPS) is 13.1. The van der Waals surface area contributed by atoms with Crippen molar-refractivity contribution in [3.8, 4) is 11.4 Å². The third kappa shape index (κ3) is 3.29. The van der Waals surface area contributed by atoms with Crippen LogP contribution in [0.3, 0.4) is 0 Å². The average molecular weight is 375 g/mol. The molecule has 0 fully saturated rings. The lowest BCUT2D eigenvalue weighted by Gasteiger charge is -2.28. The van der Waals surface area contributed by atoms with E-state index in [1.54, 1.807) is 4.90 Å². The van der Waals surface area contributed by atoms with E-state index in [4.69, 9.17) is 5.11 Å². The van der Waals surface area contributed by atoms with Crippen LogP contribution in [0.2, 0.25) is 0 Å². The molecule has 2 N–H and O–H groups in total. The predicted molar refractivity (Wildman–Crippen MR) is 102 cm³/mol. The van der Waals surface area contributed by atoms with Gasteiger partial charge < -0.3 is 15.0 Å². The topological polar surface area (TPSA) is 103 Å². The molecule has 0 spiro atoms. The van der Waals surface area contributed by atoms with Crippen molar-refractivity contribution in [3.63, 3.8) is 0 Å². The fourth-order valence-corrected chi connectivity index (χ4v) is 3.27. The molecular weight excluding hydrogens is 358 g/mol. The van der Waals surface area contributed by atoms with Crippen LogP contribution in [0.5, 0.6) is 0 Å². The molecule has 0 bridgehead atoms. The number of aromatic amines is 1. The molecule has 2 aromatic carbocycles. The number of benzene rings is 2. The summed E-state index contributed by atoms with van der Waals surface area (Å²) in [6.45, 7) is 0.615. The predicted octanol–water partition coefficient (Wildman–Crippen LogP) is 2.33. The zero-order valence-electron chi connectivity index (χ0n) is 14.9. The Kier molecular flexibility index (Phi) is 4.49. The van der Waals surface area contributed by atoms with Crippen LogP contribution in [0.1, 0.15) is 32.0 Å². The Labute approximate surface area is 160 Å². The van der Waals surface area contributed by atoms with Gasteiger partial charge in [-0.2, -0.15) is 0 Å². The number of amides is 1. The Bertz CT molecular complexity index is 1100. The maximum atomic E-state index is 12.7. The van der Waals surface area contributed by atoms with Gasteiger partial charge in [-0.3, -0.25) is 9.59 Å². The third-order valence-electron chi connectivity index (χ3n) is 4.78. The van der Waals surface area contributed by atoms with Crippen LogP contribution >= 0.6 is 0 Å². The highest BCUT2D eigenvalue weighted by atomic mass is 16.4. The Morgan fingerprint density at radius 1 is 1.00 bits per heavy atom. The Morgan fingerprint density at radius 2 is 1.68 bits per heavy atom. The zero-order chi connectivity index (χ0) is 19.7. The maximum absolute atomic E-state index is 12.7. The van der Waals surface area contributed by atoms with Gasteiger partial charge in [0.1, 0.15) is 5.82 Å². The number of hydrogen-bond donors (Lipinski definition) is 2. The van der Waals surface area contributed by atoms with Gasteiger partial charge in [-0.1, -0.05) is 30.3 Å². The van der Waals surface area contributed by atoms with E-state index >= 15 is 0 Å². The van der Waals surface area contributed by atoms with Gasteiger partial charge >= 0.3 is 5.97 Å². The number of H-pyrrole nitrogens is 1. The fourth-order valence-electron chi connectivity index (χ4n) is 3.27. The second-order valence-corrected chi connectivity index (χ2v) is 6.57. The summed E-state index contributed by atoms with van der Waals surface area (Å²) in [6, 6.07) is 15.2. The number of fused-ring (bicyclic) bond motifs is 1. The number of carboxylic acid groups (broad SMARTS) is 1. The molecule has 0 saturated heterocycles. The summed E-state index contributed by atoms with van der Waals surface area (Å²) in [5, 5.41) is 8.97. The second-order valence-electron chi connectivity index (χ2n) is 6.57. The summed E-state index contributed by atoms with van der Waals surface area (Å²) in [4.78, 5) is 45.2. The molecule has 1 aliphatic rings. The number of carboxylic acids is 1. The molecule has 2 heterocycles. The number of nitrogens with zero attached hydrogens (tertiary/aromatic N) is 2. The molecule has 1 aromatic heterocycles. The Hall–Kier alpha value is -3.74. The molecular formula is C21H17N3O4. The van der Waals surface area contributed by atoms with Crippen LogP contribution in [0.15, 0.2) is 59.4 Å². The van der Waals surface area contributed by atoms with Crippen molar-refractivity contribution in [1.29, 1.82) is 0 Å². The molecule has 140 valence electrons. The van der Waals surface area contributed by atoms with E-state index in [1.165, 1.54) is 24.3 Å². The SMILES string of the molecule is O=C(O)c1ccc(C(=O)N2CCc3nc(-c4ccccc4)[nH]c(=O)c3C2)cc1. The molecule has 0 unspecified atom stereocenters. The molecule has 4 rings (SSSR count). The summed E-state index contributed by atoms with van der Waals surface area (Å²) < 4.78 is 0. The molecule has 0 saturated carbocycles. The highest BCUT2D eigenvalue weighted by molar-refractivity contribution is 5.96. The molecule has 0 radical (unpaired) electrons. The van der Waals surface area contributed by atoms with Crippen molar-refractivity contribution in [2.45, 2.75) is 13.0 Å². The summed E-state index contributed by atoms with van der Waals surface area (Å²) in [6.07, 6.45) is 0.484. The van der Waals surface area contributed by atoms with Crippen molar-refractivity contribution in [2.75, 3.05) is 6.54 Å². The minimum Gasteiger partial charge on any atom is -0.478 e. The molecule has 1 aliphatic heterocycles. The number of rotatable bonds is 3. The monoisotopic (exact) mass is 375 g/mol. The largest absolute Gasteiger partial charge is 0.478 e. The van der Waals surface area contributed by atoms with Crippen molar-refractivity contribution >= 4 is 11.9 Å². The Morgan fingerprint density at radius 3 is 2.36 bits per heavy atom. The standard InChI is InChI=1S/C21H17N3O4/c25-19-16-12-24(20(26)14-6-8-15(9-7-14)21(27)28)11-10-17(16)22-18(23-19)13-4-2-1-3-5-13/h1-9H,10-12H2,(H,27,28)(H,22,23,25). The average Bonchev–Trinajstić information content (AvgIpc) is 2.73. The highest BCUT2D eigenvalue weighted by Gasteiger charge is 2.25. The van der Waals surface area contributed by atoms with E-state index in [-0.39, 0.29) is 23.6 Å². The number of carbonyl (C=O) groups excluding carboxylic acids is 1. The smallest absolute Gasteiger partial charge is 0.335 e. The minimum absolute atomic E-state index is 0.120. The van der Waals surface area contributed by atoms with Crippen molar-refractivity contribution < 1.29 is 14.7 Å². The molecule has 7 heteroatoms. The fraction of sp³-hybridized carbons (Fsp3) is 0.143. The van der Waals surface area contributed by atoms with Gasteiger partial charge in [-0.15, -0.1) is 0 Å². The maximum Gasteiger partial charge on any atom is 0.335 e. The van der Waals surface area contributed by atoms with Gasteiger partial charge in [0, 0.05) is 24.1 Å². The molecule has 0 atom stereocenters. The first-order valence-corrected chi connectivity index (χ1v) is 8.83. The quantitative estimate of drug-likeness (QED) is 0.731. The molecule has 28 heavy (non-hydrogen) atoms. The molecule has 1 amide bonds. The second kappa shape index (κ2) is 7.11. The molecule has 7 nitrogen and oxygen atoms in total. The van der Waals surface area contributed by atoms with Gasteiger partial charge in [0.25, 0.3) is 11.5 Å². The van der Waals surface area contributed by atoms with Crippen LogP contribution in [-0.4, -0.2) is 38.4 Å². The zero-order valence-corrected chi connectivity index (χ0v) is 14.9. The van der Waals surface area contributed by atoms with E-state index < -0.39 is 5.97 Å². The first-order chi connectivity index (χ1) is 13.5. The van der Waals surface area contributed by atoms with Gasteiger partial charge in [-0.05, 0) is 24.3 Å². The summed E-state index contributed by atoms with van der Waals surface area (Å²) >= 11 is 0. The van der Waals surface area contributed by atoms with Gasteiger partial charge in [-0.25, -0.2) is 9.78 Å². The molecule has 3 aromatic rings. The van der Waals surface area contributed by atoms with Crippen LogP contribution in [-0.2, 0) is 13.0 Å². The highest BCUT2D eigenvalue weighted by Crippen LogP contribution is 2.20.